The van der Waals surface area contributed by atoms with E-state index in [9.17, 15) is 4.79 Å². The van der Waals surface area contributed by atoms with Crippen molar-refractivity contribution in [2.24, 2.45) is 5.92 Å². The van der Waals surface area contributed by atoms with Crippen molar-refractivity contribution in [3.05, 3.63) is 24.3 Å². The number of esters is 1. The third-order valence-corrected chi connectivity index (χ3v) is 5.10. The highest BCUT2D eigenvalue weighted by atomic mass is 16.6. The lowest BCUT2D eigenvalue weighted by Crippen LogP contribution is -2.20. The maximum absolute atomic E-state index is 12.0. The van der Waals surface area contributed by atoms with Gasteiger partial charge in [0, 0.05) is 0 Å². The molecule has 1 aromatic carbocycles. The molecule has 202 valence electrons. The molecule has 1 rings (SSSR count). The molecule has 35 heavy (non-hydrogen) atoms. The van der Waals surface area contributed by atoms with Gasteiger partial charge in [0.25, 0.3) is 0 Å². The minimum Gasteiger partial charge on any atom is -0.489 e. The molecule has 0 aliphatic rings. The van der Waals surface area contributed by atoms with Gasteiger partial charge in [-0.15, -0.1) is 0 Å². The van der Waals surface area contributed by atoms with Crippen LogP contribution in [0, 0.1) is 5.92 Å². The van der Waals surface area contributed by atoms with Crippen molar-refractivity contribution in [3.63, 3.8) is 0 Å². The Hall–Kier alpha value is -1.91. The summed E-state index contributed by atoms with van der Waals surface area (Å²) in [4.78, 5) is 12.0. The number of nitrogens with two attached hydrogens (primary N) is 1. The minimum absolute atomic E-state index is 0.00274. The number of hydrogen-bond donors (Lipinski definition) is 1. The van der Waals surface area contributed by atoms with Crippen LogP contribution in [-0.2, 0) is 33.2 Å². The van der Waals surface area contributed by atoms with Crippen molar-refractivity contribution < 1.29 is 38.0 Å². The Labute approximate surface area is 210 Å². The highest BCUT2D eigenvalue weighted by Crippen LogP contribution is 2.19. The van der Waals surface area contributed by atoms with Gasteiger partial charge in [-0.05, 0) is 25.0 Å². The molecule has 0 bridgehead atoms. The molecule has 0 saturated carbocycles. The number of benzene rings is 1. The van der Waals surface area contributed by atoms with E-state index in [0.717, 1.165) is 25.7 Å². The Kier molecular flexibility index (Phi) is 20.0. The summed E-state index contributed by atoms with van der Waals surface area (Å²) in [5.74, 6) is 0.554. The number of nitrogen functional groups attached to an aromatic ring is 1. The van der Waals surface area contributed by atoms with Crippen LogP contribution in [0.2, 0.25) is 0 Å². The zero-order valence-electron chi connectivity index (χ0n) is 21.5. The molecule has 1 aromatic rings. The van der Waals surface area contributed by atoms with Crippen LogP contribution < -0.4 is 10.5 Å². The summed E-state index contributed by atoms with van der Waals surface area (Å²) in [5.41, 5.74) is 6.42. The average molecular weight is 500 g/mol. The van der Waals surface area contributed by atoms with E-state index in [0.29, 0.717) is 84.1 Å². The lowest BCUT2D eigenvalue weighted by Gasteiger charge is -2.13. The largest absolute Gasteiger partial charge is 0.489 e. The van der Waals surface area contributed by atoms with Gasteiger partial charge in [0.15, 0.2) is 0 Å². The van der Waals surface area contributed by atoms with Crippen molar-refractivity contribution in [3.8, 4) is 5.75 Å². The lowest BCUT2D eigenvalue weighted by atomic mass is 10.00. The molecule has 0 amide bonds. The van der Waals surface area contributed by atoms with E-state index in [4.69, 9.17) is 38.9 Å². The molecule has 1 unspecified atom stereocenters. The molecule has 0 aromatic heterocycles. The van der Waals surface area contributed by atoms with Gasteiger partial charge in [-0.25, -0.2) is 0 Å². The van der Waals surface area contributed by atoms with Crippen LogP contribution >= 0.6 is 0 Å². The normalized spacial score (nSPS) is 11.9. The van der Waals surface area contributed by atoms with Crippen LogP contribution in [0.3, 0.4) is 0 Å². The third kappa shape index (κ3) is 17.2. The Balaban J connectivity index is 1.76. The van der Waals surface area contributed by atoms with Crippen molar-refractivity contribution in [2.45, 2.75) is 39.5 Å². The SMILES string of the molecule is CCCCC(CC)C(=O)OCCOCCOCCOCCOCCOCCOc1ccccc1N. The summed E-state index contributed by atoms with van der Waals surface area (Å²) < 4.78 is 38.1. The summed E-state index contributed by atoms with van der Waals surface area (Å²) in [6.07, 6.45) is 3.85. The quantitative estimate of drug-likeness (QED) is 0.130. The summed E-state index contributed by atoms with van der Waals surface area (Å²) >= 11 is 0. The van der Waals surface area contributed by atoms with Crippen LogP contribution in [0.4, 0.5) is 5.69 Å². The maximum atomic E-state index is 12.0. The van der Waals surface area contributed by atoms with Crippen LogP contribution in [0.5, 0.6) is 5.75 Å². The smallest absolute Gasteiger partial charge is 0.308 e. The standard InChI is InChI=1S/C26H45NO8/c1-3-5-8-23(4-2)26(28)35-22-20-33-18-16-31-14-12-29-11-13-30-15-17-32-19-21-34-25-10-7-6-9-24(25)27/h6-7,9-10,23H,3-5,8,11-22,27H2,1-2H3. The van der Waals surface area contributed by atoms with Gasteiger partial charge < -0.3 is 38.9 Å². The van der Waals surface area contributed by atoms with E-state index < -0.39 is 0 Å². The fourth-order valence-corrected chi connectivity index (χ4v) is 3.06. The Morgan fingerprint density at radius 1 is 0.743 bits per heavy atom. The molecule has 0 aliphatic heterocycles. The fourth-order valence-electron chi connectivity index (χ4n) is 3.06. The number of unbranched alkanes of at least 4 members (excludes halogenated alkanes) is 1. The van der Waals surface area contributed by atoms with E-state index in [-0.39, 0.29) is 18.5 Å². The van der Waals surface area contributed by atoms with Gasteiger partial charge in [-0.2, -0.15) is 0 Å². The molecule has 0 aliphatic carbocycles. The second-order valence-electron chi connectivity index (χ2n) is 7.86. The second-order valence-corrected chi connectivity index (χ2v) is 7.86. The predicted molar refractivity (Wildman–Crippen MR) is 135 cm³/mol. The van der Waals surface area contributed by atoms with Crippen LogP contribution in [0.25, 0.3) is 0 Å². The van der Waals surface area contributed by atoms with Gasteiger partial charge >= 0.3 is 5.97 Å². The fraction of sp³-hybridized carbons (Fsp3) is 0.731. The summed E-state index contributed by atoms with van der Waals surface area (Å²) in [7, 11) is 0. The highest BCUT2D eigenvalue weighted by molar-refractivity contribution is 5.72. The molecule has 0 fully saturated rings. The van der Waals surface area contributed by atoms with Gasteiger partial charge in [0.1, 0.15) is 19.0 Å². The number of carbonyl (C=O) groups is 1. The van der Waals surface area contributed by atoms with E-state index in [1.54, 1.807) is 6.07 Å². The number of rotatable bonds is 24. The lowest BCUT2D eigenvalue weighted by molar-refractivity contribution is -0.150. The van der Waals surface area contributed by atoms with E-state index in [1.165, 1.54) is 0 Å². The van der Waals surface area contributed by atoms with Crippen molar-refractivity contribution >= 4 is 11.7 Å². The number of hydrogen-bond acceptors (Lipinski definition) is 9. The molecule has 9 nitrogen and oxygen atoms in total. The van der Waals surface area contributed by atoms with Crippen molar-refractivity contribution in [1.82, 2.24) is 0 Å². The van der Waals surface area contributed by atoms with Crippen LogP contribution in [0.15, 0.2) is 24.3 Å². The molecular weight excluding hydrogens is 454 g/mol. The van der Waals surface area contributed by atoms with E-state index >= 15 is 0 Å². The third-order valence-electron chi connectivity index (χ3n) is 5.10. The van der Waals surface area contributed by atoms with Gasteiger partial charge in [-0.1, -0.05) is 38.8 Å². The predicted octanol–water partition coefficient (Wildman–Crippen LogP) is 3.49. The average Bonchev–Trinajstić information content (AvgIpc) is 2.86. The first-order valence-corrected chi connectivity index (χ1v) is 12.7. The summed E-state index contributed by atoms with van der Waals surface area (Å²) in [6.45, 7) is 9.62. The molecule has 9 heteroatoms. The summed E-state index contributed by atoms with van der Waals surface area (Å²) in [6, 6.07) is 7.37. The molecule has 0 spiro atoms. The maximum Gasteiger partial charge on any atom is 0.308 e. The Bertz CT molecular complexity index is 631. The molecular formula is C26H45NO8. The van der Waals surface area contributed by atoms with Crippen molar-refractivity contribution in [2.75, 3.05) is 85.0 Å². The summed E-state index contributed by atoms with van der Waals surface area (Å²) in [5, 5.41) is 0. The molecule has 2 N–H and O–H groups in total. The highest BCUT2D eigenvalue weighted by Gasteiger charge is 2.16. The van der Waals surface area contributed by atoms with Gasteiger partial charge in [0.2, 0.25) is 0 Å². The Morgan fingerprint density at radius 2 is 1.23 bits per heavy atom. The zero-order valence-corrected chi connectivity index (χ0v) is 21.5. The molecule has 0 saturated heterocycles. The van der Waals surface area contributed by atoms with E-state index in [2.05, 4.69) is 6.92 Å². The van der Waals surface area contributed by atoms with Crippen LogP contribution in [0.1, 0.15) is 39.5 Å². The first kappa shape index (κ1) is 31.1. The number of ether oxygens (including phenoxy) is 7. The van der Waals surface area contributed by atoms with Crippen molar-refractivity contribution in [1.29, 1.82) is 0 Å². The Morgan fingerprint density at radius 3 is 1.71 bits per heavy atom. The van der Waals surface area contributed by atoms with Gasteiger partial charge in [0.05, 0.1) is 77.7 Å². The molecule has 0 heterocycles. The van der Waals surface area contributed by atoms with Gasteiger partial charge in [-0.3, -0.25) is 4.79 Å². The van der Waals surface area contributed by atoms with Crippen LogP contribution in [-0.4, -0.2) is 85.3 Å². The first-order valence-electron chi connectivity index (χ1n) is 12.7. The number of carbonyl (C=O) groups excluding carboxylic acids is 1. The van der Waals surface area contributed by atoms with E-state index in [1.807, 2.05) is 25.1 Å². The molecule has 1 atom stereocenters. The number of para-hydroxylation sites is 2. The monoisotopic (exact) mass is 499 g/mol. The topological polar surface area (TPSA) is 108 Å². The minimum atomic E-state index is -0.117. The number of anilines is 1. The zero-order chi connectivity index (χ0) is 25.4. The second kappa shape index (κ2) is 22.5. The molecule has 0 radical (unpaired) electrons. The first-order chi connectivity index (χ1) is 17.2.